The van der Waals surface area contributed by atoms with E-state index in [0.717, 1.165) is 23.8 Å². The van der Waals surface area contributed by atoms with Crippen LogP contribution in [-0.2, 0) is 4.79 Å². The van der Waals surface area contributed by atoms with Crippen molar-refractivity contribution in [1.82, 2.24) is 0 Å². The van der Waals surface area contributed by atoms with Crippen molar-refractivity contribution in [2.75, 3.05) is 6.61 Å². The van der Waals surface area contributed by atoms with E-state index >= 15 is 0 Å². The second-order valence-electron chi connectivity index (χ2n) is 4.40. The lowest BCUT2D eigenvalue weighted by atomic mass is 10.2. The maximum absolute atomic E-state index is 13.1. The fourth-order valence-corrected chi connectivity index (χ4v) is 1.73. The van der Waals surface area contributed by atoms with Gasteiger partial charge in [-0.3, -0.25) is 10.1 Å². The number of carbonyl (C=O) groups is 1. The predicted octanol–water partition coefficient (Wildman–Crippen LogP) is 3.03. The zero-order chi connectivity index (χ0) is 16.1. The summed E-state index contributed by atoms with van der Waals surface area (Å²) in [7, 11) is 0. The highest BCUT2D eigenvalue weighted by molar-refractivity contribution is 5.75. The van der Waals surface area contributed by atoms with Crippen molar-refractivity contribution in [1.29, 1.82) is 0 Å². The lowest BCUT2D eigenvalue weighted by Gasteiger charge is -2.09. The Morgan fingerprint density at radius 2 is 1.95 bits per heavy atom. The van der Waals surface area contributed by atoms with Gasteiger partial charge in [0.25, 0.3) is 0 Å². The van der Waals surface area contributed by atoms with Crippen LogP contribution in [-0.4, -0.2) is 17.5 Å². The maximum Gasteiger partial charge on any atom is 0.349 e. The Morgan fingerprint density at radius 3 is 2.64 bits per heavy atom. The first kappa shape index (κ1) is 15.4. The summed E-state index contributed by atoms with van der Waals surface area (Å²) in [6.07, 6.45) is 0. The van der Waals surface area contributed by atoms with Crippen LogP contribution in [0.1, 0.15) is 5.56 Å². The van der Waals surface area contributed by atoms with Crippen LogP contribution < -0.4 is 9.47 Å². The SMILES string of the molecule is Cc1ccccc1OCC(=O)Oc1cc(F)ccc1[N+](=O)[O-]. The molecular weight excluding hydrogens is 293 g/mol. The smallest absolute Gasteiger partial charge is 0.349 e. The average molecular weight is 305 g/mol. The number of rotatable bonds is 5. The van der Waals surface area contributed by atoms with Crippen molar-refractivity contribution in [3.8, 4) is 11.5 Å². The normalized spacial score (nSPS) is 10.1. The zero-order valence-corrected chi connectivity index (χ0v) is 11.6. The number of ether oxygens (including phenoxy) is 2. The van der Waals surface area contributed by atoms with Crippen molar-refractivity contribution in [3.63, 3.8) is 0 Å². The fraction of sp³-hybridized carbons (Fsp3) is 0.133. The van der Waals surface area contributed by atoms with Crippen molar-refractivity contribution in [2.24, 2.45) is 0 Å². The van der Waals surface area contributed by atoms with Crippen LogP contribution in [0.15, 0.2) is 42.5 Å². The van der Waals surface area contributed by atoms with Gasteiger partial charge in [0.05, 0.1) is 4.92 Å². The molecule has 0 aliphatic rings. The number of nitrogens with zero attached hydrogens (tertiary/aromatic N) is 1. The molecule has 0 radical (unpaired) electrons. The van der Waals surface area contributed by atoms with Crippen molar-refractivity contribution < 1.29 is 23.6 Å². The van der Waals surface area contributed by atoms with Gasteiger partial charge in [-0.05, 0) is 24.6 Å². The van der Waals surface area contributed by atoms with Crippen LogP contribution in [0.3, 0.4) is 0 Å². The standard InChI is InChI=1S/C15H12FNO5/c1-10-4-2-3-5-13(10)21-9-15(18)22-14-8-11(16)6-7-12(14)17(19)20/h2-8H,9H2,1H3. The number of hydrogen-bond donors (Lipinski definition) is 0. The predicted molar refractivity (Wildman–Crippen MR) is 75.4 cm³/mol. The van der Waals surface area contributed by atoms with E-state index in [0.29, 0.717) is 5.75 Å². The summed E-state index contributed by atoms with van der Waals surface area (Å²) in [5.74, 6) is -1.57. The third-order valence-corrected chi connectivity index (χ3v) is 2.78. The highest BCUT2D eigenvalue weighted by Crippen LogP contribution is 2.27. The van der Waals surface area contributed by atoms with Gasteiger partial charge >= 0.3 is 11.7 Å². The second kappa shape index (κ2) is 6.66. The number of benzene rings is 2. The topological polar surface area (TPSA) is 78.7 Å². The van der Waals surface area contributed by atoms with E-state index in [1.54, 1.807) is 25.1 Å². The first-order valence-electron chi connectivity index (χ1n) is 6.30. The molecular formula is C15H12FNO5. The summed E-state index contributed by atoms with van der Waals surface area (Å²) < 4.78 is 23.2. The molecule has 0 unspecified atom stereocenters. The van der Waals surface area contributed by atoms with E-state index in [-0.39, 0.29) is 0 Å². The summed E-state index contributed by atoms with van der Waals surface area (Å²) in [6.45, 7) is 1.36. The van der Waals surface area contributed by atoms with Crippen LogP contribution in [0.2, 0.25) is 0 Å². The van der Waals surface area contributed by atoms with Crippen molar-refractivity contribution in [3.05, 3.63) is 64.0 Å². The Kier molecular flexibility index (Phi) is 4.67. The second-order valence-corrected chi connectivity index (χ2v) is 4.40. The molecule has 114 valence electrons. The number of hydrogen-bond acceptors (Lipinski definition) is 5. The number of halogens is 1. The first-order valence-corrected chi connectivity index (χ1v) is 6.30. The summed E-state index contributed by atoms with van der Waals surface area (Å²) in [5, 5.41) is 10.8. The molecule has 0 aromatic heterocycles. The molecule has 2 aromatic carbocycles. The zero-order valence-electron chi connectivity index (χ0n) is 11.6. The van der Waals surface area contributed by atoms with E-state index in [4.69, 9.17) is 9.47 Å². The van der Waals surface area contributed by atoms with Crippen molar-refractivity contribution in [2.45, 2.75) is 6.92 Å². The molecule has 0 atom stereocenters. The van der Waals surface area contributed by atoms with E-state index in [1.807, 2.05) is 6.07 Å². The van der Waals surface area contributed by atoms with Crippen LogP contribution in [0, 0.1) is 22.9 Å². The van der Waals surface area contributed by atoms with E-state index in [9.17, 15) is 19.3 Å². The first-order chi connectivity index (χ1) is 10.5. The number of para-hydroxylation sites is 1. The number of nitro benzene ring substituents is 1. The minimum absolute atomic E-state index is 0.446. The minimum atomic E-state index is -0.864. The quantitative estimate of drug-likeness (QED) is 0.367. The summed E-state index contributed by atoms with van der Waals surface area (Å²) in [4.78, 5) is 21.7. The fourth-order valence-electron chi connectivity index (χ4n) is 1.73. The molecule has 0 bridgehead atoms. The molecule has 0 fully saturated rings. The monoisotopic (exact) mass is 305 g/mol. The van der Waals surface area contributed by atoms with E-state index in [1.165, 1.54) is 0 Å². The van der Waals surface area contributed by atoms with Crippen LogP contribution in [0.5, 0.6) is 11.5 Å². The lowest BCUT2D eigenvalue weighted by molar-refractivity contribution is -0.385. The molecule has 0 saturated carbocycles. The van der Waals surface area contributed by atoms with Gasteiger partial charge in [0, 0.05) is 12.1 Å². The Bertz CT molecular complexity index is 717. The van der Waals surface area contributed by atoms with Gasteiger partial charge in [-0.25, -0.2) is 9.18 Å². The van der Waals surface area contributed by atoms with E-state index < -0.39 is 34.8 Å². The number of carbonyl (C=O) groups excluding carboxylic acids is 1. The summed E-state index contributed by atoms with van der Waals surface area (Å²) >= 11 is 0. The molecule has 2 rings (SSSR count). The molecule has 0 N–H and O–H groups in total. The van der Waals surface area contributed by atoms with E-state index in [2.05, 4.69) is 0 Å². The molecule has 0 aliphatic heterocycles. The molecule has 2 aromatic rings. The number of esters is 1. The van der Waals surface area contributed by atoms with Gasteiger partial charge in [-0.15, -0.1) is 0 Å². The molecule has 0 amide bonds. The molecule has 0 spiro atoms. The van der Waals surface area contributed by atoms with Crippen LogP contribution in [0.4, 0.5) is 10.1 Å². The van der Waals surface area contributed by atoms with Gasteiger partial charge in [0.1, 0.15) is 11.6 Å². The van der Waals surface area contributed by atoms with Gasteiger partial charge in [0.2, 0.25) is 5.75 Å². The highest BCUT2D eigenvalue weighted by atomic mass is 19.1. The molecule has 7 heteroatoms. The third kappa shape index (κ3) is 3.78. The summed E-state index contributed by atoms with van der Waals surface area (Å²) in [5.41, 5.74) is 0.331. The third-order valence-electron chi connectivity index (χ3n) is 2.78. The molecule has 6 nitrogen and oxygen atoms in total. The largest absolute Gasteiger partial charge is 0.482 e. The lowest BCUT2D eigenvalue weighted by Crippen LogP contribution is -2.18. The van der Waals surface area contributed by atoms with Gasteiger partial charge in [-0.1, -0.05) is 18.2 Å². The maximum atomic E-state index is 13.1. The Hall–Kier alpha value is -2.96. The Labute approximate surface area is 125 Å². The van der Waals surface area contributed by atoms with Gasteiger partial charge in [-0.2, -0.15) is 0 Å². The Balaban J connectivity index is 2.05. The van der Waals surface area contributed by atoms with Gasteiger partial charge < -0.3 is 9.47 Å². The molecule has 0 heterocycles. The summed E-state index contributed by atoms with van der Waals surface area (Å²) in [6, 6.07) is 9.66. The van der Waals surface area contributed by atoms with Crippen molar-refractivity contribution >= 4 is 11.7 Å². The highest BCUT2D eigenvalue weighted by Gasteiger charge is 2.19. The molecule has 0 saturated heterocycles. The minimum Gasteiger partial charge on any atom is -0.482 e. The number of nitro groups is 1. The molecule has 0 aliphatic carbocycles. The number of aryl methyl sites for hydroxylation is 1. The van der Waals surface area contributed by atoms with Crippen LogP contribution >= 0.6 is 0 Å². The Morgan fingerprint density at radius 1 is 1.23 bits per heavy atom. The average Bonchev–Trinajstić information content (AvgIpc) is 2.46. The molecule has 22 heavy (non-hydrogen) atoms. The van der Waals surface area contributed by atoms with Gasteiger partial charge in [0.15, 0.2) is 6.61 Å². The van der Waals surface area contributed by atoms with Crippen LogP contribution in [0.25, 0.3) is 0 Å².